The minimum Gasteiger partial charge on any atom is -0.377 e. The lowest BCUT2D eigenvalue weighted by Gasteiger charge is -2.18. The van der Waals surface area contributed by atoms with Gasteiger partial charge < -0.3 is 10.6 Å². The molecule has 0 aliphatic rings. The predicted molar refractivity (Wildman–Crippen MR) is 84.3 cm³/mol. The highest BCUT2D eigenvalue weighted by Gasteiger charge is 2.12. The molecule has 0 aliphatic carbocycles. The molecule has 5 nitrogen and oxygen atoms in total. The molecule has 1 unspecified atom stereocenters. The summed E-state index contributed by atoms with van der Waals surface area (Å²) in [7, 11) is 0. The number of anilines is 2. The van der Waals surface area contributed by atoms with E-state index < -0.39 is 0 Å². The van der Waals surface area contributed by atoms with Gasteiger partial charge in [-0.05, 0) is 38.5 Å². The highest BCUT2D eigenvalue weighted by atomic mass is 16.1. The van der Waals surface area contributed by atoms with E-state index >= 15 is 0 Å². The maximum atomic E-state index is 11.1. The Morgan fingerprint density at radius 3 is 2.57 bits per heavy atom. The number of amides is 1. The normalized spacial score (nSPS) is 11.8. The summed E-state index contributed by atoms with van der Waals surface area (Å²) in [6.07, 6.45) is 3.38. The second-order valence-corrected chi connectivity index (χ2v) is 5.10. The smallest absolute Gasteiger partial charge is 0.221 e. The Bertz CT molecular complexity index is 654. The molecule has 0 fully saturated rings. The molecule has 5 heteroatoms. The van der Waals surface area contributed by atoms with E-state index in [0.29, 0.717) is 0 Å². The van der Waals surface area contributed by atoms with Crippen LogP contribution < -0.4 is 10.6 Å². The fraction of sp³-hybridized carbons (Fsp3) is 0.312. The molecule has 1 aromatic carbocycles. The van der Waals surface area contributed by atoms with E-state index in [4.69, 9.17) is 0 Å². The fourth-order valence-corrected chi connectivity index (χ4v) is 2.20. The standard InChI is InChI=1S/C16H20N4O/c1-10-5-6-14(20-13(4)21)9-15(10)19-12(3)16-11(2)17-7-8-18-16/h5-9,12,19H,1-4H3,(H,20,21). The first-order valence-electron chi connectivity index (χ1n) is 6.89. The summed E-state index contributed by atoms with van der Waals surface area (Å²) in [5.41, 5.74) is 4.69. The zero-order chi connectivity index (χ0) is 15.4. The first-order chi connectivity index (χ1) is 9.97. The van der Waals surface area contributed by atoms with Crippen LogP contribution in [0.15, 0.2) is 30.6 Å². The fourth-order valence-electron chi connectivity index (χ4n) is 2.20. The van der Waals surface area contributed by atoms with Crippen molar-refractivity contribution in [1.82, 2.24) is 9.97 Å². The molecule has 2 N–H and O–H groups in total. The lowest BCUT2D eigenvalue weighted by molar-refractivity contribution is -0.114. The van der Waals surface area contributed by atoms with Crippen LogP contribution in [0.5, 0.6) is 0 Å². The van der Waals surface area contributed by atoms with Crippen LogP contribution >= 0.6 is 0 Å². The average molecular weight is 284 g/mol. The summed E-state index contributed by atoms with van der Waals surface area (Å²) in [5.74, 6) is -0.0809. The van der Waals surface area contributed by atoms with Gasteiger partial charge in [-0.1, -0.05) is 6.07 Å². The van der Waals surface area contributed by atoms with Crippen LogP contribution in [0.3, 0.4) is 0 Å². The third-order valence-corrected chi connectivity index (χ3v) is 3.26. The van der Waals surface area contributed by atoms with Gasteiger partial charge in [-0.25, -0.2) is 0 Å². The molecule has 0 aliphatic heterocycles. The van der Waals surface area contributed by atoms with Gasteiger partial charge in [0.25, 0.3) is 0 Å². The van der Waals surface area contributed by atoms with Crippen LogP contribution in [0, 0.1) is 13.8 Å². The average Bonchev–Trinajstić information content (AvgIpc) is 2.42. The molecule has 2 rings (SSSR count). The van der Waals surface area contributed by atoms with E-state index in [0.717, 1.165) is 28.3 Å². The van der Waals surface area contributed by atoms with Crippen molar-refractivity contribution in [1.29, 1.82) is 0 Å². The Kier molecular flexibility index (Phi) is 4.52. The monoisotopic (exact) mass is 284 g/mol. The van der Waals surface area contributed by atoms with Crippen molar-refractivity contribution in [2.45, 2.75) is 33.7 Å². The maximum absolute atomic E-state index is 11.1. The second-order valence-electron chi connectivity index (χ2n) is 5.10. The van der Waals surface area contributed by atoms with Crippen molar-refractivity contribution in [3.8, 4) is 0 Å². The van der Waals surface area contributed by atoms with Gasteiger partial charge >= 0.3 is 0 Å². The summed E-state index contributed by atoms with van der Waals surface area (Å²) in [4.78, 5) is 19.8. The number of nitrogens with zero attached hydrogens (tertiary/aromatic N) is 2. The summed E-state index contributed by atoms with van der Waals surface area (Å²) in [6.45, 7) is 7.51. The van der Waals surface area contributed by atoms with E-state index in [-0.39, 0.29) is 11.9 Å². The number of aryl methyl sites for hydroxylation is 2. The Morgan fingerprint density at radius 1 is 1.19 bits per heavy atom. The zero-order valence-corrected chi connectivity index (χ0v) is 12.8. The largest absolute Gasteiger partial charge is 0.377 e. The van der Waals surface area contributed by atoms with Crippen molar-refractivity contribution >= 4 is 17.3 Å². The Labute approximate surface area is 124 Å². The highest BCUT2D eigenvalue weighted by molar-refractivity contribution is 5.89. The molecule has 1 aromatic heterocycles. The van der Waals surface area contributed by atoms with E-state index in [9.17, 15) is 4.79 Å². The quantitative estimate of drug-likeness (QED) is 0.904. The summed E-state index contributed by atoms with van der Waals surface area (Å²) in [6, 6.07) is 5.83. The van der Waals surface area contributed by atoms with Gasteiger partial charge in [0.15, 0.2) is 0 Å². The molecule has 0 spiro atoms. The van der Waals surface area contributed by atoms with Crippen molar-refractivity contribution in [2.75, 3.05) is 10.6 Å². The molecule has 0 saturated heterocycles. The molecule has 1 atom stereocenters. The van der Waals surface area contributed by atoms with E-state index in [2.05, 4.69) is 20.6 Å². The van der Waals surface area contributed by atoms with E-state index in [1.807, 2.05) is 39.0 Å². The molecule has 1 amide bonds. The lowest BCUT2D eigenvalue weighted by atomic mass is 10.1. The second kappa shape index (κ2) is 6.35. The zero-order valence-electron chi connectivity index (χ0n) is 12.8. The number of carbonyl (C=O) groups excluding carboxylic acids is 1. The number of aromatic nitrogens is 2. The number of hydrogen-bond acceptors (Lipinski definition) is 4. The summed E-state index contributed by atoms with van der Waals surface area (Å²) in [5, 5.41) is 6.22. The summed E-state index contributed by atoms with van der Waals surface area (Å²) >= 11 is 0. The van der Waals surface area contributed by atoms with Gasteiger partial charge in [0.1, 0.15) is 0 Å². The molecule has 0 bridgehead atoms. The third-order valence-electron chi connectivity index (χ3n) is 3.26. The van der Waals surface area contributed by atoms with E-state index in [1.54, 1.807) is 12.4 Å². The maximum Gasteiger partial charge on any atom is 0.221 e. The highest BCUT2D eigenvalue weighted by Crippen LogP contribution is 2.25. The van der Waals surface area contributed by atoms with Crippen molar-refractivity contribution in [3.05, 3.63) is 47.5 Å². The molecule has 0 saturated carbocycles. The molecule has 1 heterocycles. The third kappa shape index (κ3) is 3.78. The molecule has 0 radical (unpaired) electrons. The van der Waals surface area contributed by atoms with Gasteiger partial charge in [0, 0.05) is 30.7 Å². The van der Waals surface area contributed by atoms with E-state index in [1.165, 1.54) is 6.92 Å². The van der Waals surface area contributed by atoms with Gasteiger partial charge in [0.2, 0.25) is 5.91 Å². The van der Waals surface area contributed by atoms with Crippen LogP contribution in [0.2, 0.25) is 0 Å². The van der Waals surface area contributed by atoms with Gasteiger partial charge in [-0.3, -0.25) is 14.8 Å². The Balaban J connectivity index is 2.22. The number of benzene rings is 1. The van der Waals surface area contributed by atoms with Crippen molar-refractivity contribution in [3.63, 3.8) is 0 Å². The lowest BCUT2D eigenvalue weighted by Crippen LogP contribution is -2.12. The molecular weight excluding hydrogens is 264 g/mol. The molecule has 21 heavy (non-hydrogen) atoms. The number of carbonyl (C=O) groups is 1. The minimum absolute atomic E-state index is 0.0324. The van der Waals surface area contributed by atoms with Gasteiger partial charge in [-0.15, -0.1) is 0 Å². The van der Waals surface area contributed by atoms with Crippen molar-refractivity contribution < 1.29 is 4.79 Å². The molecule has 110 valence electrons. The minimum atomic E-state index is -0.0809. The molecular formula is C16H20N4O. The Morgan fingerprint density at radius 2 is 1.90 bits per heavy atom. The van der Waals surface area contributed by atoms with Gasteiger partial charge in [-0.2, -0.15) is 0 Å². The van der Waals surface area contributed by atoms with Crippen molar-refractivity contribution in [2.24, 2.45) is 0 Å². The topological polar surface area (TPSA) is 66.9 Å². The number of rotatable bonds is 4. The predicted octanol–water partition coefficient (Wildman–Crippen LogP) is 3.22. The Hall–Kier alpha value is -2.43. The number of hydrogen-bond donors (Lipinski definition) is 2. The van der Waals surface area contributed by atoms with Crippen LogP contribution in [-0.2, 0) is 4.79 Å². The SMILES string of the molecule is CC(=O)Nc1ccc(C)c(NC(C)c2nccnc2C)c1. The van der Waals surface area contributed by atoms with Crippen LogP contribution in [-0.4, -0.2) is 15.9 Å². The molecule has 2 aromatic rings. The first kappa shape index (κ1) is 15.0. The van der Waals surface area contributed by atoms with Crippen LogP contribution in [0.1, 0.15) is 36.8 Å². The van der Waals surface area contributed by atoms with Gasteiger partial charge in [0.05, 0.1) is 17.4 Å². The summed E-state index contributed by atoms with van der Waals surface area (Å²) < 4.78 is 0. The first-order valence-corrected chi connectivity index (χ1v) is 6.89. The van der Waals surface area contributed by atoms with Crippen LogP contribution in [0.4, 0.5) is 11.4 Å². The van der Waals surface area contributed by atoms with Crippen LogP contribution in [0.25, 0.3) is 0 Å². The number of nitrogens with one attached hydrogen (secondary N) is 2.